The van der Waals surface area contributed by atoms with Gasteiger partial charge in [-0.1, -0.05) is 32.0 Å². The van der Waals surface area contributed by atoms with Crippen LogP contribution in [0.1, 0.15) is 40.1 Å². The van der Waals surface area contributed by atoms with Crippen LogP contribution in [0.15, 0.2) is 47.4 Å². The summed E-state index contributed by atoms with van der Waals surface area (Å²) in [7, 11) is -3.67. The molecule has 0 aromatic heterocycles. The lowest BCUT2D eigenvalue weighted by Gasteiger charge is -2.35. The van der Waals surface area contributed by atoms with Crippen molar-refractivity contribution in [1.82, 2.24) is 14.1 Å². The Morgan fingerprint density at radius 3 is 1.97 bits per heavy atom. The Bertz CT molecular complexity index is 1100. The lowest BCUT2D eigenvalue weighted by Crippen LogP contribution is -2.50. The highest BCUT2D eigenvalue weighted by atomic mass is 32.2. The first kappa shape index (κ1) is 23.7. The van der Waals surface area contributed by atoms with Gasteiger partial charge in [0, 0.05) is 44.8 Å². The summed E-state index contributed by atoms with van der Waals surface area (Å²) in [6.45, 7) is 7.33. The van der Waals surface area contributed by atoms with E-state index in [0.29, 0.717) is 50.4 Å². The van der Waals surface area contributed by atoms with Gasteiger partial charge in [-0.25, -0.2) is 8.42 Å². The Labute approximate surface area is 189 Å². The molecule has 32 heavy (non-hydrogen) atoms. The average Bonchev–Trinajstić information content (AvgIpc) is 2.79. The second kappa shape index (κ2) is 9.70. The van der Waals surface area contributed by atoms with E-state index in [9.17, 15) is 23.1 Å². The van der Waals surface area contributed by atoms with Crippen LogP contribution in [0.5, 0.6) is 5.75 Å². The second-order valence-electron chi connectivity index (χ2n) is 7.67. The summed E-state index contributed by atoms with van der Waals surface area (Å²) in [5, 5.41) is 9.93. The third kappa shape index (κ3) is 4.63. The van der Waals surface area contributed by atoms with Gasteiger partial charge < -0.3 is 14.9 Å². The zero-order valence-corrected chi connectivity index (χ0v) is 19.4. The summed E-state index contributed by atoms with van der Waals surface area (Å²) < 4.78 is 27.1. The van der Waals surface area contributed by atoms with Gasteiger partial charge in [-0.05, 0) is 36.8 Å². The molecular formula is C23H29N3O5S. The first-order valence-corrected chi connectivity index (χ1v) is 12.1. The maximum atomic E-state index is 13.2. The van der Waals surface area contributed by atoms with E-state index in [2.05, 4.69) is 0 Å². The molecule has 1 aliphatic heterocycles. The predicted octanol–water partition coefficient (Wildman–Crippen LogP) is 2.33. The van der Waals surface area contributed by atoms with Crippen LogP contribution < -0.4 is 0 Å². The Kier molecular flexibility index (Phi) is 7.20. The standard InChI is InChI=1S/C23H29N3O5S/c1-4-26(5-2)32(30,31)18-11-10-17(3)20(16-18)23(29)25-14-12-24(13-15-25)22(28)19-8-6-7-9-21(19)27/h6-11,16,27H,4-5,12-15H2,1-3H3. The van der Waals surface area contributed by atoms with Gasteiger partial charge in [-0.15, -0.1) is 0 Å². The molecule has 1 heterocycles. The SMILES string of the molecule is CCN(CC)S(=O)(=O)c1ccc(C)c(C(=O)N2CCN(C(=O)c3ccccc3O)CC2)c1. The number of phenolic OH excluding ortho intramolecular Hbond substituents is 1. The summed E-state index contributed by atoms with van der Waals surface area (Å²) in [5.74, 6) is -0.606. The molecule has 172 valence electrons. The largest absolute Gasteiger partial charge is 0.507 e. The first-order valence-electron chi connectivity index (χ1n) is 10.7. The monoisotopic (exact) mass is 459 g/mol. The minimum atomic E-state index is -3.67. The van der Waals surface area contributed by atoms with Crippen LogP contribution in [0.2, 0.25) is 0 Å². The number of hydrogen-bond acceptors (Lipinski definition) is 5. The molecule has 1 aliphatic rings. The first-order chi connectivity index (χ1) is 15.2. The number of piperazine rings is 1. The van der Waals surface area contributed by atoms with Gasteiger partial charge in [0.15, 0.2) is 0 Å². The van der Waals surface area contributed by atoms with Gasteiger partial charge in [0.05, 0.1) is 10.5 Å². The van der Waals surface area contributed by atoms with Crippen LogP contribution in [0.3, 0.4) is 0 Å². The van der Waals surface area contributed by atoms with Crippen LogP contribution in [-0.2, 0) is 10.0 Å². The molecule has 0 saturated carbocycles. The third-order valence-corrected chi connectivity index (χ3v) is 7.82. The number of carbonyl (C=O) groups excluding carboxylic acids is 2. The number of aromatic hydroxyl groups is 1. The van der Waals surface area contributed by atoms with E-state index in [0.717, 1.165) is 0 Å². The number of nitrogens with zero attached hydrogens (tertiary/aromatic N) is 3. The van der Waals surface area contributed by atoms with E-state index in [-0.39, 0.29) is 28.0 Å². The molecule has 0 spiro atoms. The summed E-state index contributed by atoms with van der Waals surface area (Å²) in [6.07, 6.45) is 0. The molecule has 0 radical (unpaired) electrons. The van der Waals surface area contributed by atoms with Crippen LogP contribution in [-0.4, -0.2) is 78.7 Å². The van der Waals surface area contributed by atoms with E-state index in [1.165, 1.54) is 22.5 Å². The number of sulfonamides is 1. The molecular weight excluding hydrogens is 430 g/mol. The van der Waals surface area contributed by atoms with Crippen molar-refractivity contribution in [3.63, 3.8) is 0 Å². The van der Waals surface area contributed by atoms with Gasteiger partial charge in [0.25, 0.3) is 11.8 Å². The molecule has 0 bridgehead atoms. The normalized spacial score (nSPS) is 14.6. The molecule has 1 saturated heterocycles. The van der Waals surface area contributed by atoms with E-state index < -0.39 is 10.0 Å². The highest BCUT2D eigenvalue weighted by Gasteiger charge is 2.29. The lowest BCUT2D eigenvalue weighted by molar-refractivity contribution is 0.0533. The summed E-state index contributed by atoms with van der Waals surface area (Å²) >= 11 is 0. The molecule has 2 amide bonds. The van der Waals surface area contributed by atoms with Gasteiger partial charge in [-0.3, -0.25) is 9.59 Å². The molecule has 3 rings (SSSR count). The lowest BCUT2D eigenvalue weighted by atomic mass is 10.1. The number of amides is 2. The number of para-hydroxylation sites is 1. The summed E-state index contributed by atoms with van der Waals surface area (Å²) in [5.41, 5.74) is 1.28. The minimum Gasteiger partial charge on any atom is -0.507 e. The Balaban J connectivity index is 1.75. The van der Waals surface area contributed by atoms with Gasteiger partial charge in [-0.2, -0.15) is 4.31 Å². The van der Waals surface area contributed by atoms with Crippen molar-refractivity contribution >= 4 is 21.8 Å². The number of hydrogen-bond donors (Lipinski definition) is 1. The Hall–Kier alpha value is -2.91. The molecule has 9 heteroatoms. The molecule has 2 aromatic carbocycles. The van der Waals surface area contributed by atoms with Crippen molar-refractivity contribution in [2.24, 2.45) is 0 Å². The van der Waals surface area contributed by atoms with Gasteiger partial charge >= 0.3 is 0 Å². The van der Waals surface area contributed by atoms with E-state index in [1.54, 1.807) is 54.8 Å². The molecule has 2 aromatic rings. The van der Waals surface area contributed by atoms with Crippen molar-refractivity contribution in [2.75, 3.05) is 39.3 Å². The molecule has 0 unspecified atom stereocenters. The topological polar surface area (TPSA) is 98.2 Å². The highest BCUT2D eigenvalue weighted by molar-refractivity contribution is 7.89. The van der Waals surface area contributed by atoms with Gasteiger partial charge in [0.2, 0.25) is 10.0 Å². The fourth-order valence-electron chi connectivity index (χ4n) is 3.81. The van der Waals surface area contributed by atoms with Crippen LogP contribution >= 0.6 is 0 Å². The van der Waals surface area contributed by atoms with Gasteiger partial charge in [0.1, 0.15) is 5.75 Å². The number of benzene rings is 2. The number of rotatable bonds is 6. The minimum absolute atomic E-state index is 0.0714. The Morgan fingerprint density at radius 1 is 0.906 bits per heavy atom. The van der Waals surface area contributed by atoms with E-state index in [4.69, 9.17) is 0 Å². The summed E-state index contributed by atoms with van der Waals surface area (Å²) in [6, 6.07) is 11.0. The maximum absolute atomic E-state index is 13.2. The number of carbonyl (C=O) groups is 2. The molecule has 1 N–H and O–H groups in total. The van der Waals surface area contributed by atoms with Crippen LogP contribution in [0, 0.1) is 6.92 Å². The summed E-state index contributed by atoms with van der Waals surface area (Å²) in [4.78, 5) is 29.2. The molecule has 0 atom stereocenters. The average molecular weight is 460 g/mol. The molecule has 8 nitrogen and oxygen atoms in total. The molecule has 0 aliphatic carbocycles. The van der Waals surface area contributed by atoms with Crippen molar-refractivity contribution in [3.05, 3.63) is 59.2 Å². The zero-order valence-electron chi connectivity index (χ0n) is 18.6. The number of aryl methyl sites for hydroxylation is 1. The van der Waals surface area contributed by atoms with E-state index in [1.807, 2.05) is 0 Å². The maximum Gasteiger partial charge on any atom is 0.257 e. The quantitative estimate of drug-likeness (QED) is 0.715. The van der Waals surface area contributed by atoms with Crippen LogP contribution in [0.4, 0.5) is 0 Å². The van der Waals surface area contributed by atoms with Crippen molar-refractivity contribution in [2.45, 2.75) is 25.7 Å². The van der Waals surface area contributed by atoms with E-state index >= 15 is 0 Å². The third-order valence-electron chi connectivity index (χ3n) is 5.77. The fourth-order valence-corrected chi connectivity index (χ4v) is 5.30. The smallest absolute Gasteiger partial charge is 0.257 e. The van der Waals surface area contributed by atoms with Crippen molar-refractivity contribution < 1.29 is 23.1 Å². The van der Waals surface area contributed by atoms with Crippen molar-refractivity contribution in [1.29, 1.82) is 0 Å². The van der Waals surface area contributed by atoms with Crippen molar-refractivity contribution in [3.8, 4) is 5.75 Å². The predicted molar refractivity (Wildman–Crippen MR) is 121 cm³/mol. The Morgan fingerprint density at radius 2 is 1.44 bits per heavy atom. The van der Waals surface area contributed by atoms with Crippen LogP contribution in [0.25, 0.3) is 0 Å². The second-order valence-corrected chi connectivity index (χ2v) is 9.61. The highest BCUT2D eigenvalue weighted by Crippen LogP contribution is 2.22. The zero-order chi connectivity index (χ0) is 23.5. The molecule has 1 fully saturated rings. The number of phenols is 1. The fraction of sp³-hybridized carbons (Fsp3) is 0.391.